The van der Waals surface area contributed by atoms with Gasteiger partial charge in [0, 0.05) is 19.5 Å². The van der Waals surface area contributed by atoms with Gasteiger partial charge in [-0.15, -0.1) is 10.2 Å². The fourth-order valence-corrected chi connectivity index (χ4v) is 2.93. The second kappa shape index (κ2) is 6.92. The molecule has 0 unspecified atom stereocenters. The molecule has 0 amide bonds. The van der Waals surface area contributed by atoms with Crippen molar-refractivity contribution in [3.8, 4) is 5.75 Å². The number of hydrogen-bond acceptors (Lipinski definition) is 4. The summed E-state index contributed by atoms with van der Waals surface area (Å²) in [5.41, 5.74) is 1.22. The number of hydrogen-bond donors (Lipinski definition) is 1. The highest BCUT2D eigenvalue weighted by atomic mass is 16.5. The molecule has 22 heavy (non-hydrogen) atoms. The molecule has 0 bridgehead atoms. The van der Waals surface area contributed by atoms with E-state index >= 15 is 0 Å². The van der Waals surface area contributed by atoms with Crippen LogP contribution in [0.2, 0.25) is 0 Å². The van der Waals surface area contributed by atoms with Crippen molar-refractivity contribution in [2.45, 2.75) is 52.2 Å². The minimum atomic E-state index is 0.190. The van der Waals surface area contributed by atoms with Crippen molar-refractivity contribution in [1.82, 2.24) is 20.1 Å². The molecule has 1 aliphatic heterocycles. The third-order valence-electron chi connectivity index (χ3n) is 4.10. The summed E-state index contributed by atoms with van der Waals surface area (Å²) in [6.07, 6.45) is 3.50. The molecule has 0 spiro atoms. The van der Waals surface area contributed by atoms with Crippen LogP contribution in [0, 0.1) is 0 Å². The van der Waals surface area contributed by atoms with Crippen LogP contribution in [0.25, 0.3) is 0 Å². The molecule has 1 N–H and O–H groups in total. The van der Waals surface area contributed by atoms with Crippen molar-refractivity contribution < 1.29 is 4.74 Å². The van der Waals surface area contributed by atoms with Gasteiger partial charge in [-0.1, -0.05) is 12.1 Å². The molecule has 2 aromatic rings. The first-order valence-corrected chi connectivity index (χ1v) is 8.15. The fourth-order valence-electron chi connectivity index (χ4n) is 2.93. The molecular weight excluding hydrogens is 276 g/mol. The van der Waals surface area contributed by atoms with Gasteiger partial charge < -0.3 is 14.6 Å². The van der Waals surface area contributed by atoms with Gasteiger partial charge in [-0.05, 0) is 44.4 Å². The molecule has 3 rings (SSSR count). The monoisotopic (exact) mass is 300 g/mol. The second-order valence-electron chi connectivity index (χ2n) is 5.77. The average molecular weight is 300 g/mol. The molecule has 2 heterocycles. The summed E-state index contributed by atoms with van der Waals surface area (Å²) < 4.78 is 7.82. The molecule has 1 aromatic heterocycles. The van der Waals surface area contributed by atoms with Crippen molar-refractivity contribution in [3.63, 3.8) is 0 Å². The lowest BCUT2D eigenvalue weighted by Gasteiger charge is -2.19. The maximum Gasteiger partial charge on any atom is 0.149 e. The fraction of sp³-hybridized carbons (Fsp3) is 0.529. The first kappa shape index (κ1) is 15.0. The number of rotatable bonds is 6. The standard InChI is InChI=1S/C17H24N4O/c1-3-22-15-8-6-7-14(11-15)12-18-13(2)17-20-19-16-9-4-5-10-21(16)17/h6-8,11,13,18H,3-5,9-10,12H2,1-2H3/t13-/m0/s1. The van der Waals surface area contributed by atoms with Crippen molar-refractivity contribution in [2.75, 3.05) is 6.61 Å². The Morgan fingerprint density at radius 1 is 1.32 bits per heavy atom. The number of aromatic nitrogens is 3. The minimum absolute atomic E-state index is 0.190. The quantitative estimate of drug-likeness (QED) is 0.891. The first-order chi connectivity index (χ1) is 10.8. The van der Waals surface area contributed by atoms with E-state index < -0.39 is 0 Å². The number of fused-ring (bicyclic) bond motifs is 1. The van der Waals surface area contributed by atoms with Gasteiger partial charge in [-0.3, -0.25) is 0 Å². The van der Waals surface area contributed by atoms with Gasteiger partial charge in [-0.2, -0.15) is 0 Å². The van der Waals surface area contributed by atoms with E-state index in [4.69, 9.17) is 4.74 Å². The number of aryl methyl sites for hydroxylation is 1. The molecule has 0 radical (unpaired) electrons. The summed E-state index contributed by atoms with van der Waals surface area (Å²) in [6.45, 7) is 6.69. The summed E-state index contributed by atoms with van der Waals surface area (Å²) in [5, 5.41) is 12.2. The summed E-state index contributed by atoms with van der Waals surface area (Å²) >= 11 is 0. The Morgan fingerprint density at radius 3 is 3.09 bits per heavy atom. The largest absolute Gasteiger partial charge is 0.494 e. The Hall–Kier alpha value is -1.88. The zero-order chi connectivity index (χ0) is 15.4. The lowest BCUT2D eigenvalue weighted by molar-refractivity contribution is 0.339. The van der Waals surface area contributed by atoms with Gasteiger partial charge in [0.2, 0.25) is 0 Å². The summed E-state index contributed by atoms with van der Waals surface area (Å²) in [7, 11) is 0. The average Bonchev–Trinajstić information content (AvgIpc) is 2.97. The van der Waals surface area contributed by atoms with Gasteiger partial charge >= 0.3 is 0 Å². The van der Waals surface area contributed by atoms with Crippen molar-refractivity contribution in [2.24, 2.45) is 0 Å². The maximum atomic E-state index is 5.55. The highest BCUT2D eigenvalue weighted by Gasteiger charge is 2.19. The zero-order valence-electron chi connectivity index (χ0n) is 13.4. The molecule has 1 atom stereocenters. The zero-order valence-corrected chi connectivity index (χ0v) is 13.4. The molecule has 5 heteroatoms. The predicted octanol–water partition coefficient (Wildman–Crippen LogP) is 2.86. The highest BCUT2D eigenvalue weighted by molar-refractivity contribution is 5.28. The third kappa shape index (κ3) is 3.30. The molecule has 0 fully saturated rings. The predicted molar refractivity (Wildman–Crippen MR) is 85.8 cm³/mol. The van der Waals surface area contributed by atoms with E-state index in [0.717, 1.165) is 36.9 Å². The molecule has 0 aliphatic carbocycles. The summed E-state index contributed by atoms with van der Waals surface area (Å²) in [4.78, 5) is 0. The number of ether oxygens (including phenoxy) is 1. The van der Waals surface area contributed by atoms with E-state index in [0.29, 0.717) is 6.61 Å². The summed E-state index contributed by atoms with van der Waals surface area (Å²) in [6, 6.07) is 8.41. The van der Waals surface area contributed by atoms with Crippen LogP contribution in [-0.4, -0.2) is 21.4 Å². The highest BCUT2D eigenvalue weighted by Crippen LogP contribution is 2.19. The Balaban J connectivity index is 1.63. The van der Waals surface area contributed by atoms with Crippen LogP contribution in [0.5, 0.6) is 5.75 Å². The lowest BCUT2D eigenvalue weighted by Crippen LogP contribution is -2.23. The van der Waals surface area contributed by atoms with Crippen molar-refractivity contribution in [3.05, 3.63) is 41.5 Å². The second-order valence-corrected chi connectivity index (χ2v) is 5.77. The van der Waals surface area contributed by atoms with Crippen LogP contribution in [0.3, 0.4) is 0 Å². The summed E-state index contributed by atoms with van der Waals surface area (Å²) in [5.74, 6) is 3.11. The Kier molecular flexibility index (Phi) is 4.73. The van der Waals surface area contributed by atoms with E-state index in [2.05, 4.69) is 39.1 Å². The molecule has 0 saturated carbocycles. The Morgan fingerprint density at radius 2 is 2.23 bits per heavy atom. The van der Waals surface area contributed by atoms with E-state index in [-0.39, 0.29) is 6.04 Å². The lowest BCUT2D eigenvalue weighted by atomic mass is 10.1. The van der Waals surface area contributed by atoms with Crippen LogP contribution in [0.15, 0.2) is 24.3 Å². The van der Waals surface area contributed by atoms with Crippen molar-refractivity contribution >= 4 is 0 Å². The Labute approximate surface area is 131 Å². The van der Waals surface area contributed by atoms with Gasteiger partial charge in [0.05, 0.1) is 12.6 Å². The van der Waals surface area contributed by atoms with Gasteiger partial charge in [0.25, 0.3) is 0 Å². The van der Waals surface area contributed by atoms with Crippen LogP contribution in [-0.2, 0) is 19.5 Å². The van der Waals surface area contributed by atoms with E-state index in [9.17, 15) is 0 Å². The molecule has 0 saturated heterocycles. The minimum Gasteiger partial charge on any atom is -0.494 e. The van der Waals surface area contributed by atoms with Crippen molar-refractivity contribution in [1.29, 1.82) is 0 Å². The van der Waals surface area contributed by atoms with Crippen LogP contribution >= 0.6 is 0 Å². The van der Waals surface area contributed by atoms with Gasteiger partial charge in [0.15, 0.2) is 0 Å². The number of nitrogens with zero attached hydrogens (tertiary/aromatic N) is 3. The molecule has 5 nitrogen and oxygen atoms in total. The molecule has 118 valence electrons. The smallest absolute Gasteiger partial charge is 0.149 e. The first-order valence-electron chi connectivity index (χ1n) is 8.15. The van der Waals surface area contributed by atoms with Crippen LogP contribution in [0.1, 0.15) is 49.9 Å². The van der Waals surface area contributed by atoms with Crippen LogP contribution < -0.4 is 10.1 Å². The number of benzene rings is 1. The molecule has 1 aromatic carbocycles. The normalized spacial score (nSPS) is 15.4. The van der Waals surface area contributed by atoms with E-state index in [1.165, 1.54) is 18.4 Å². The molecular formula is C17H24N4O. The van der Waals surface area contributed by atoms with E-state index in [1.807, 2.05) is 19.1 Å². The number of nitrogens with one attached hydrogen (secondary N) is 1. The van der Waals surface area contributed by atoms with Crippen LogP contribution in [0.4, 0.5) is 0 Å². The third-order valence-corrected chi connectivity index (χ3v) is 4.10. The maximum absolute atomic E-state index is 5.55. The topological polar surface area (TPSA) is 52.0 Å². The van der Waals surface area contributed by atoms with Gasteiger partial charge in [0.1, 0.15) is 17.4 Å². The molecule has 1 aliphatic rings. The van der Waals surface area contributed by atoms with E-state index in [1.54, 1.807) is 0 Å². The Bertz CT molecular complexity index is 623. The van der Waals surface area contributed by atoms with Gasteiger partial charge in [-0.25, -0.2) is 0 Å². The SMILES string of the molecule is CCOc1cccc(CN[C@@H](C)c2nnc3n2CCCC3)c1.